The van der Waals surface area contributed by atoms with Crippen LogP contribution in [0.15, 0.2) is 42.5 Å². The van der Waals surface area contributed by atoms with Crippen LogP contribution in [0.2, 0.25) is 5.02 Å². The third-order valence-corrected chi connectivity index (χ3v) is 8.14. The first kappa shape index (κ1) is 22.9. The number of halogens is 1. The lowest BCUT2D eigenvalue weighted by Crippen LogP contribution is -2.43. The number of benzene rings is 2. The predicted octanol–water partition coefficient (Wildman–Crippen LogP) is 3.53. The molecule has 32 heavy (non-hydrogen) atoms. The van der Waals surface area contributed by atoms with Crippen molar-refractivity contribution < 1.29 is 22.7 Å². The number of carbonyl (C=O) groups excluding carboxylic acids is 1. The number of ether oxygens (including phenoxy) is 2. The number of fused-ring (bicyclic) bond motifs is 1. The summed E-state index contributed by atoms with van der Waals surface area (Å²) in [6.45, 7) is 3.61. The van der Waals surface area contributed by atoms with Gasteiger partial charge in [0.25, 0.3) is 0 Å². The molecule has 0 aliphatic carbocycles. The molecule has 2 aromatic rings. The van der Waals surface area contributed by atoms with Crippen LogP contribution in [-0.4, -0.2) is 44.9 Å². The monoisotopic (exact) mass is 478 g/mol. The molecule has 1 atom stereocenters. The van der Waals surface area contributed by atoms with Gasteiger partial charge < -0.3 is 14.8 Å². The quantitative estimate of drug-likeness (QED) is 0.686. The average molecular weight is 479 g/mol. The third-order valence-electron chi connectivity index (χ3n) is 5.94. The van der Waals surface area contributed by atoms with Crippen LogP contribution in [0.1, 0.15) is 36.9 Å². The van der Waals surface area contributed by atoms with Crippen molar-refractivity contribution in [3.05, 3.63) is 58.6 Å². The van der Waals surface area contributed by atoms with E-state index in [0.717, 1.165) is 5.56 Å². The summed E-state index contributed by atoms with van der Waals surface area (Å²) >= 11 is 6.12. The van der Waals surface area contributed by atoms with Crippen molar-refractivity contribution >= 4 is 27.5 Å². The van der Waals surface area contributed by atoms with E-state index in [1.165, 1.54) is 4.31 Å². The largest absolute Gasteiger partial charge is 0.486 e. The van der Waals surface area contributed by atoms with E-state index in [0.29, 0.717) is 61.2 Å². The van der Waals surface area contributed by atoms with E-state index in [-0.39, 0.29) is 23.6 Å². The van der Waals surface area contributed by atoms with Crippen LogP contribution in [0, 0.1) is 5.92 Å². The Morgan fingerprint density at radius 3 is 2.53 bits per heavy atom. The second-order valence-electron chi connectivity index (χ2n) is 8.15. The maximum absolute atomic E-state index is 12.8. The normalized spacial score (nSPS) is 18.2. The highest BCUT2D eigenvalue weighted by molar-refractivity contribution is 7.88. The number of amides is 1. The average Bonchev–Trinajstić information content (AvgIpc) is 2.80. The minimum Gasteiger partial charge on any atom is -0.486 e. The Morgan fingerprint density at radius 2 is 1.81 bits per heavy atom. The first-order chi connectivity index (χ1) is 15.3. The molecule has 1 N–H and O–H groups in total. The SMILES string of the molecule is C[C@H](NC(=O)C1CCN(S(=O)(=O)Cc2ccccc2Cl)CC1)c1ccc2c(c1)OCCO2. The van der Waals surface area contributed by atoms with E-state index in [1.807, 2.05) is 25.1 Å². The van der Waals surface area contributed by atoms with Crippen molar-refractivity contribution in [3.63, 3.8) is 0 Å². The van der Waals surface area contributed by atoms with Gasteiger partial charge in [0.05, 0.1) is 11.8 Å². The summed E-state index contributed by atoms with van der Waals surface area (Å²) in [7, 11) is -3.49. The van der Waals surface area contributed by atoms with Crippen LogP contribution in [-0.2, 0) is 20.6 Å². The first-order valence-corrected chi connectivity index (χ1v) is 12.7. The van der Waals surface area contributed by atoms with Crippen molar-refractivity contribution in [3.8, 4) is 11.5 Å². The van der Waals surface area contributed by atoms with Crippen LogP contribution < -0.4 is 14.8 Å². The number of sulfonamides is 1. The van der Waals surface area contributed by atoms with Gasteiger partial charge in [-0.25, -0.2) is 12.7 Å². The van der Waals surface area contributed by atoms with Crippen molar-refractivity contribution in [1.82, 2.24) is 9.62 Å². The molecule has 2 aromatic carbocycles. The first-order valence-electron chi connectivity index (χ1n) is 10.7. The molecule has 1 fully saturated rings. The van der Waals surface area contributed by atoms with Crippen LogP contribution in [0.5, 0.6) is 11.5 Å². The third kappa shape index (κ3) is 5.19. The number of hydrogen-bond acceptors (Lipinski definition) is 5. The second kappa shape index (κ2) is 9.68. The lowest BCUT2D eigenvalue weighted by molar-refractivity contribution is -0.126. The summed E-state index contributed by atoms with van der Waals surface area (Å²) in [6, 6.07) is 12.4. The van der Waals surface area contributed by atoms with E-state index in [1.54, 1.807) is 24.3 Å². The molecule has 0 spiro atoms. The molecule has 9 heteroatoms. The zero-order valence-electron chi connectivity index (χ0n) is 17.9. The van der Waals surface area contributed by atoms with Gasteiger partial charge in [-0.3, -0.25) is 4.79 Å². The topological polar surface area (TPSA) is 84.9 Å². The van der Waals surface area contributed by atoms with Crippen LogP contribution in [0.25, 0.3) is 0 Å². The molecule has 2 aliphatic heterocycles. The van der Waals surface area contributed by atoms with Crippen LogP contribution in [0.3, 0.4) is 0 Å². The number of piperidine rings is 1. The standard InChI is InChI=1S/C23H27ClN2O5S/c1-16(18-6-7-21-22(14-18)31-13-12-30-21)25-23(27)17-8-10-26(11-9-17)32(28,29)15-19-4-2-3-5-20(19)24/h2-7,14,16-17H,8-13,15H2,1H3,(H,25,27)/t16-/m0/s1. The number of hydrogen-bond donors (Lipinski definition) is 1. The molecule has 0 bridgehead atoms. The highest BCUT2D eigenvalue weighted by Gasteiger charge is 2.32. The predicted molar refractivity (Wildman–Crippen MR) is 122 cm³/mol. The van der Waals surface area contributed by atoms with E-state index >= 15 is 0 Å². The van der Waals surface area contributed by atoms with Gasteiger partial charge in [0.1, 0.15) is 13.2 Å². The smallest absolute Gasteiger partial charge is 0.223 e. The molecule has 1 saturated heterocycles. The highest BCUT2D eigenvalue weighted by Crippen LogP contribution is 2.33. The molecule has 0 aromatic heterocycles. The van der Waals surface area contributed by atoms with Gasteiger partial charge in [0, 0.05) is 24.0 Å². The fourth-order valence-corrected chi connectivity index (χ4v) is 5.92. The van der Waals surface area contributed by atoms with Gasteiger partial charge in [0.2, 0.25) is 15.9 Å². The number of carbonyl (C=O) groups is 1. The van der Waals surface area contributed by atoms with Gasteiger partial charge in [-0.2, -0.15) is 0 Å². The molecule has 0 saturated carbocycles. The zero-order chi connectivity index (χ0) is 22.7. The van der Waals surface area contributed by atoms with E-state index < -0.39 is 10.0 Å². The Labute approximate surface area is 193 Å². The summed E-state index contributed by atoms with van der Waals surface area (Å²) in [4.78, 5) is 12.8. The van der Waals surface area contributed by atoms with Crippen LogP contribution in [0.4, 0.5) is 0 Å². The van der Waals surface area contributed by atoms with Crippen molar-refractivity contribution in [2.45, 2.75) is 31.6 Å². The zero-order valence-corrected chi connectivity index (χ0v) is 19.5. The van der Waals surface area contributed by atoms with Crippen molar-refractivity contribution in [2.24, 2.45) is 5.92 Å². The van der Waals surface area contributed by atoms with E-state index in [2.05, 4.69) is 5.32 Å². The summed E-state index contributed by atoms with van der Waals surface area (Å²) in [5, 5.41) is 3.50. The van der Waals surface area contributed by atoms with Gasteiger partial charge in [-0.15, -0.1) is 0 Å². The molecule has 4 rings (SSSR count). The number of nitrogens with zero attached hydrogens (tertiary/aromatic N) is 1. The minimum absolute atomic E-state index is 0.0597. The van der Waals surface area contributed by atoms with Crippen LogP contribution >= 0.6 is 11.6 Å². The summed E-state index contributed by atoms with van der Waals surface area (Å²) in [5.74, 6) is 0.984. The van der Waals surface area contributed by atoms with Gasteiger partial charge in [0.15, 0.2) is 11.5 Å². The van der Waals surface area contributed by atoms with Crippen molar-refractivity contribution in [2.75, 3.05) is 26.3 Å². The van der Waals surface area contributed by atoms with Crippen molar-refractivity contribution in [1.29, 1.82) is 0 Å². The highest BCUT2D eigenvalue weighted by atomic mass is 35.5. The molecule has 0 radical (unpaired) electrons. The van der Waals surface area contributed by atoms with Gasteiger partial charge in [-0.05, 0) is 49.1 Å². The maximum atomic E-state index is 12.8. The fraction of sp³-hybridized carbons (Fsp3) is 0.435. The molecule has 172 valence electrons. The Hall–Kier alpha value is -2.29. The minimum atomic E-state index is -3.49. The lowest BCUT2D eigenvalue weighted by atomic mass is 9.96. The number of rotatable bonds is 6. The lowest BCUT2D eigenvalue weighted by Gasteiger charge is -2.31. The second-order valence-corrected chi connectivity index (χ2v) is 10.5. The van der Waals surface area contributed by atoms with E-state index in [9.17, 15) is 13.2 Å². The molecule has 2 heterocycles. The van der Waals surface area contributed by atoms with Gasteiger partial charge >= 0.3 is 0 Å². The fourth-order valence-electron chi connectivity index (χ4n) is 4.04. The summed E-state index contributed by atoms with van der Waals surface area (Å²) < 4.78 is 38.2. The Morgan fingerprint density at radius 1 is 1.12 bits per heavy atom. The summed E-state index contributed by atoms with van der Waals surface area (Å²) in [5.41, 5.74) is 1.52. The molecule has 7 nitrogen and oxygen atoms in total. The maximum Gasteiger partial charge on any atom is 0.223 e. The summed E-state index contributed by atoms with van der Waals surface area (Å²) in [6.07, 6.45) is 0.975. The Balaban J connectivity index is 1.32. The van der Waals surface area contributed by atoms with E-state index in [4.69, 9.17) is 21.1 Å². The van der Waals surface area contributed by atoms with Gasteiger partial charge in [-0.1, -0.05) is 35.9 Å². The molecular weight excluding hydrogens is 452 g/mol. The molecule has 1 amide bonds. The molecular formula is C23H27ClN2O5S. The Kier molecular flexibility index (Phi) is 6.93. The molecule has 0 unspecified atom stereocenters. The molecule has 2 aliphatic rings. The Bertz CT molecular complexity index is 1080. The number of nitrogens with one attached hydrogen (secondary N) is 1.